The molecule has 14 nitrogen and oxygen atoms in total. The molecule has 4 N–H and O–H groups in total. The van der Waals surface area contributed by atoms with Crippen molar-refractivity contribution in [2.75, 3.05) is 24.7 Å². The van der Waals surface area contributed by atoms with Crippen molar-refractivity contribution >= 4 is 27.0 Å². The van der Waals surface area contributed by atoms with E-state index in [1.54, 1.807) is 0 Å². The molecule has 0 unspecified atom stereocenters. The number of nitrogens with one attached hydrogen (secondary N) is 2. The fourth-order valence-corrected chi connectivity index (χ4v) is 4.11. The minimum atomic E-state index is -3.38. The number of hydrogen-bond donors (Lipinski definition) is 4. The highest BCUT2D eigenvalue weighted by Crippen LogP contribution is 2.42. The monoisotopic (exact) mass is 466 g/mol. The molecule has 4 atom stereocenters. The summed E-state index contributed by atoms with van der Waals surface area (Å²) in [6.07, 6.45) is 0.0672. The molecule has 2 aliphatic rings. The maximum absolute atomic E-state index is 11.6. The van der Waals surface area contributed by atoms with Crippen molar-refractivity contribution in [3.63, 3.8) is 0 Å². The van der Waals surface area contributed by atoms with Crippen molar-refractivity contribution in [2.45, 2.75) is 43.3 Å². The number of nitrogens with zero attached hydrogens (tertiary/aromatic N) is 6. The molecule has 32 heavy (non-hydrogen) atoms. The van der Waals surface area contributed by atoms with Crippen LogP contribution in [0, 0.1) is 0 Å². The molecule has 15 heteroatoms. The Hall–Kier alpha value is -2.72. The molecule has 4 heterocycles. The van der Waals surface area contributed by atoms with Crippen LogP contribution in [0.25, 0.3) is 11.2 Å². The second-order valence-corrected chi connectivity index (χ2v) is 9.74. The van der Waals surface area contributed by atoms with Gasteiger partial charge < -0.3 is 24.8 Å². The molecular formula is C17H22N8O6S. The van der Waals surface area contributed by atoms with Crippen LogP contribution in [0.4, 0.5) is 5.82 Å². The highest BCUT2D eigenvalue weighted by atomic mass is 32.2. The standard InChI is InChI=1S/C17H22N8O6S/c1-18-32(28,29)5-4-19-14-9-15(21-6-20-14)25(7-22-9)17-11(27)10(26)12(30-17)16-23-13(24-31-16)8-2-3-8/h6-8,10-12,17-18,26-27H,2-5H2,1H3,(H,19,20,21)/t10-,11-,12-,17+/m0/s1. The Kier molecular flexibility index (Phi) is 5.29. The molecule has 0 bridgehead atoms. The second-order valence-electron chi connectivity index (χ2n) is 7.69. The van der Waals surface area contributed by atoms with Crippen molar-refractivity contribution in [1.82, 2.24) is 34.4 Å². The van der Waals surface area contributed by atoms with Crippen LogP contribution in [0.3, 0.4) is 0 Å². The summed E-state index contributed by atoms with van der Waals surface area (Å²) in [5.41, 5.74) is 0.692. The van der Waals surface area contributed by atoms with Gasteiger partial charge in [-0.15, -0.1) is 0 Å². The smallest absolute Gasteiger partial charge is 0.258 e. The van der Waals surface area contributed by atoms with Gasteiger partial charge >= 0.3 is 0 Å². The summed E-state index contributed by atoms with van der Waals surface area (Å²) in [5, 5.41) is 28.0. The zero-order valence-corrected chi connectivity index (χ0v) is 17.8. The predicted octanol–water partition coefficient (Wildman–Crippen LogP) is -0.960. The third-order valence-electron chi connectivity index (χ3n) is 5.49. The van der Waals surface area contributed by atoms with Crippen LogP contribution in [-0.4, -0.2) is 79.8 Å². The second kappa shape index (κ2) is 8.00. The Labute approximate surface area is 182 Å². The van der Waals surface area contributed by atoms with Crippen LogP contribution in [0.15, 0.2) is 17.2 Å². The van der Waals surface area contributed by atoms with Crippen molar-refractivity contribution in [1.29, 1.82) is 0 Å². The average molecular weight is 466 g/mol. The molecular weight excluding hydrogens is 444 g/mol. The van der Waals surface area contributed by atoms with Gasteiger partial charge in [-0.3, -0.25) is 4.57 Å². The summed E-state index contributed by atoms with van der Waals surface area (Å²) in [6, 6.07) is 0. The highest BCUT2D eigenvalue weighted by molar-refractivity contribution is 7.89. The minimum absolute atomic E-state index is 0.103. The molecule has 1 aliphatic carbocycles. The van der Waals surface area contributed by atoms with Gasteiger partial charge in [0.1, 0.15) is 18.5 Å². The normalized spacial score (nSPS) is 26.1. The number of aliphatic hydroxyl groups excluding tert-OH is 2. The lowest BCUT2D eigenvalue weighted by Gasteiger charge is -2.16. The number of aromatic nitrogens is 6. The van der Waals surface area contributed by atoms with Gasteiger partial charge in [0.25, 0.3) is 5.89 Å². The predicted molar refractivity (Wildman–Crippen MR) is 108 cm³/mol. The number of fused-ring (bicyclic) bond motifs is 1. The molecule has 3 aromatic heterocycles. The van der Waals surface area contributed by atoms with Crippen LogP contribution in [0.2, 0.25) is 0 Å². The fourth-order valence-electron chi connectivity index (χ4n) is 3.54. The quantitative estimate of drug-likeness (QED) is 0.318. The SMILES string of the molecule is CNS(=O)(=O)CCNc1ncnc2c1ncn2[C@@H]1O[C@H](c2nc(C3CC3)no2)[C@@H](O)[C@@H]1O. The molecule has 5 rings (SSSR count). The maximum Gasteiger partial charge on any atom is 0.258 e. The minimum Gasteiger partial charge on any atom is -0.387 e. The average Bonchev–Trinajstić information content (AvgIpc) is 3.23. The van der Waals surface area contributed by atoms with Gasteiger partial charge in [-0.25, -0.2) is 28.1 Å². The summed E-state index contributed by atoms with van der Waals surface area (Å²) in [6.45, 7) is 0.103. The van der Waals surface area contributed by atoms with Crippen molar-refractivity contribution in [2.24, 2.45) is 0 Å². The first-order valence-corrected chi connectivity index (χ1v) is 11.7. The Bertz CT molecular complexity index is 1220. The van der Waals surface area contributed by atoms with E-state index in [-0.39, 0.29) is 24.1 Å². The van der Waals surface area contributed by atoms with Gasteiger partial charge in [0, 0.05) is 12.5 Å². The first-order chi connectivity index (χ1) is 15.4. The number of ether oxygens (including phenoxy) is 1. The van der Waals surface area contributed by atoms with E-state index in [0.717, 1.165) is 12.8 Å². The Balaban J connectivity index is 1.37. The Morgan fingerprint density at radius 2 is 2.03 bits per heavy atom. The summed E-state index contributed by atoms with van der Waals surface area (Å²) in [4.78, 5) is 16.9. The number of imidazole rings is 1. The lowest BCUT2D eigenvalue weighted by atomic mass is 10.1. The molecule has 3 aromatic rings. The van der Waals surface area contributed by atoms with Crippen LogP contribution in [0.5, 0.6) is 0 Å². The van der Waals surface area contributed by atoms with E-state index in [1.165, 1.54) is 24.3 Å². The molecule has 2 fully saturated rings. The maximum atomic E-state index is 11.6. The molecule has 0 spiro atoms. The van der Waals surface area contributed by atoms with E-state index in [1.807, 2.05) is 0 Å². The summed E-state index contributed by atoms with van der Waals surface area (Å²) in [5.74, 6) is 1.13. The Morgan fingerprint density at radius 3 is 2.78 bits per heavy atom. The van der Waals surface area contributed by atoms with Gasteiger partial charge in [0.15, 0.2) is 35.1 Å². The fraction of sp³-hybridized carbons (Fsp3) is 0.588. The van der Waals surface area contributed by atoms with E-state index in [4.69, 9.17) is 9.26 Å². The van der Waals surface area contributed by atoms with Crippen molar-refractivity contribution in [3.05, 3.63) is 24.4 Å². The zero-order valence-electron chi connectivity index (χ0n) is 17.0. The van der Waals surface area contributed by atoms with E-state index < -0.39 is 34.6 Å². The van der Waals surface area contributed by atoms with Crippen LogP contribution in [-0.2, 0) is 14.8 Å². The molecule has 0 radical (unpaired) electrons. The van der Waals surface area contributed by atoms with Crippen molar-refractivity contribution < 1.29 is 27.9 Å². The number of anilines is 1. The van der Waals surface area contributed by atoms with Crippen molar-refractivity contribution in [3.8, 4) is 0 Å². The number of aliphatic hydroxyl groups is 2. The van der Waals surface area contributed by atoms with Gasteiger partial charge in [0.2, 0.25) is 10.0 Å². The first kappa shape index (κ1) is 21.1. The topological polar surface area (TPSA) is 190 Å². The molecule has 0 amide bonds. The van der Waals surface area contributed by atoms with E-state index >= 15 is 0 Å². The number of hydrogen-bond acceptors (Lipinski definition) is 12. The molecule has 1 aliphatic heterocycles. The Morgan fingerprint density at radius 1 is 1.22 bits per heavy atom. The van der Waals surface area contributed by atoms with Crippen LogP contribution >= 0.6 is 0 Å². The van der Waals surface area contributed by atoms with E-state index in [9.17, 15) is 18.6 Å². The first-order valence-electron chi connectivity index (χ1n) is 10.1. The van der Waals surface area contributed by atoms with Crippen LogP contribution < -0.4 is 10.0 Å². The van der Waals surface area contributed by atoms with E-state index in [0.29, 0.717) is 22.8 Å². The largest absolute Gasteiger partial charge is 0.387 e. The summed E-state index contributed by atoms with van der Waals surface area (Å²) in [7, 11) is -2.04. The lowest BCUT2D eigenvalue weighted by Crippen LogP contribution is -2.29. The third-order valence-corrected chi connectivity index (χ3v) is 6.85. The van der Waals surface area contributed by atoms with Gasteiger partial charge in [-0.1, -0.05) is 5.16 Å². The summed E-state index contributed by atoms with van der Waals surface area (Å²) >= 11 is 0. The van der Waals surface area contributed by atoms with Gasteiger partial charge in [0.05, 0.1) is 12.1 Å². The highest BCUT2D eigenvalue weighted by Gasteiger charge is 2.48. The summed E-state index contributed by atoms with van der Waals surface area (Å²) < 4.78 is 38.0. The van der Waals surface area contributed by atoms with Gasteiger partial charge in [-0.05, 0) is 19.9 Å². The molecule has 172 valence electrons. The van der Waals surface area contributed by atoms with Crippen LogP contribution in [0.1, 0.15) is 42.8 Å². The third kappa shape index (κ3) is 3.81. The molecule has 1 saturated carbocycles. The lowest BCUT2D eigenvalue weighted by molar-refractivity contribution is -0.0451. The van der Waals surface area contributed by atoms with Gasteiger partial charge in [-0.2, -0.15) is 4.98 Å². The number of sulfonamides is 1. The number of rotatable bonds is 8. The zero-order chi connectivity index (χ0) is 22.5. The molecule has 0 aromatic carbocycles. The van der Waals surface area contributed by atoms with E-state index in [2.05, 4.69) is 35.1 Å². The molecule has 1 saturated heterocycles.